The molecule has 3 aromatic rings. The molecule has 2 amide bonds. The Hall–Kier alpha value is -4.13. The molecular weight excluding hydrogens is 432 g/mol. The van der Waals surface area contributed by atoms with Crippen molar-refractivity contribution in [3.05, 3.63) is 89.0 Å². The lowest BCUT2D eigenvalue weighted by Gasteiger charge is -2.16. The Morgan fingerprint density at radius 1 is 0.971 bits per heavy atom. The predicted octanol–water partition coefficient (Wildman–Crippen LogP) is 4.95. The van der Waals surface area contributed by atoms with E-state index in [0.29, 0.717) is 5.69 Å². The summed E-state index contributed by atoms with van der Waals surface area (Å²) < 4.78 is 5.58. The van der Waals surface area contributed by atoms with Crippen LogP contribution in [-0.2, 0) is 9.53 Å². The van der Waals surface area contributed by atoms with Gasteiger partial charge in [-0.15, -0.1) is 0 Å². The normalized spacial score (nSPS) is 12.9. The summed E-state index contributed by atoms with van der Waals surface area (Å²) in [5.74, 6) is -1.68. The number of aryl methyl sites for hydroxylation is 1. The van der Waals surface area contributed by atoms with E-state index in [2.05, 4.69) is 22.8 Å². The number of fused-ring (bicyclic) bond motifs is 3. The van der Waals surface area contributed by atoms with Crippen molar-refractivity contribution < 1.29 is 24.2 Å². The molecule has 0 fully saturated rings. The molecule has 1 atom stereocenters. The quantitative estimate of drug-likeness (QED) is 0.465. The van der Waals surface area contributed by atoms with Crippen LogP contribution in [0, 0.1) is 6.92 Å². The van der Waals surface area contributed by atoms with E-state index < -0.39 is 24.0 Å². The SMILES string of the molecule is CC[C@H](NC(=O)c1ccc(C)c(NC(=O)OCC2c3ccccc3-c3ccccc32)c1)C(=O)O. The van der Waals surface area contributed by atoms with Gasteiger partial charge in [0.05, 0.1) is 0 Å². The summed E-state index contributed by atoms with van der Waals surface area (Å²) in [7, 11) is 0. The average molecular weight is 459 g/mol. The first-order valence-electron chi connectivity index (χ1n) is 11.1. The Balaban J connectivity index is 1.44. The molecule has 0 radical (unpaired) electrons. The van der Waals surface area contributed by atoms with Crippen LogP contribution in [0.3, 0.4) is 0 Å². The minimum Gasteiger partial charge on any atom is -0.480 e. The number of rotatable bonds is 7. The summed E-state index contributed by atoms with van der Waals surface area (Å²) in [6.07, 6.45) is -0.364. The summed E-state index contributed by atoms with van der Waals surface area (Å²) in [6, 6.07) is 20.0. The van der Waals surface area contributed by atoms with Crippen molar-refractivity contribution in [2.45, 2.75) is 32.2 Å². The first-order chi connectivity index (χ1) is 16.4. The first kappa shape index (κ1) is 23.0. The molecule has 3 aromatic carbocycles. The van der Waals surface area contributed by atoms with Crippen LogP contribution in [0.15, 0.2) is 66.7 Å². The number of carbonyl (C=O) groups is 3. The van der Waals surface area contributed by atoms with Crippen molar-refractivity contribution in [3.8, 4) is 11.1 Å². The third-order valence-corrected chi connectivity index (χ3v) is 6.09. The Labute approximate surface area is 197 Å². The molecule has 1 aliphatic carbocycles. The lowest BCUT2D eigenvalue weighted by atomic mass is 9.98. The molecule has 174 valence electrons. The van der Waals surface area contributed by atoms with Gasteiger partial charge in [0.15, 0.2) is 0 Å². The number of hydrogen-bond acceptors (Lipinski definition) is 4. The maximum atomic E-state index is 12.6. The molecule has 34 heavy (non-hydrogen) atoms. The van der Waals surface area contributed by atoms with Crippen LogP contribution in [0.2, 0.25) is 0 Å². The minimum absolute atomic E-state index is 0.0571. The number of carboxylic acids is 1. The number of aliphatic carboxylic acids is 1. The van der Waals surface area contributed by atoms with Gasteiger partial charge in [-0.1, -0.05) is 61.5 Å². The van der Waals surface area contributed by atoms with E-state index in [1.807, 2.05) is 36.4 Å². The predicted molar refractivity (Wildman–Crippen MR) is 129 cm³/mol. The van der Waals surface area contributed by atoms with Gasteiger partial charge in [0.25, 0.3) is 5.91 Å². The third kappa shape index (κ3) is 4.64. The largest absolute Gasteiger partial charge is 0.480 e. The molecule has 3 N–H and O–H groups in total. The molecular formula is C27H26N2O5. The van der Waals surface area contributed by atoms with Crippen LogP contribution in [0.5, 0.6) is 0 Å². The van der Waals surface area contributed by atoms with Gasteiger partial charge in [-0.2, -0.15) is 0 Å². The summed E-state index contributed by atoms with van der Waals surface area (Å²) in [5, 5.41) is 14.4. The van der Waals surface area contributed by atoms with Gasteiger partial charge >= 0.3 is 12.1 Å². The van der Waals surface area contributed by atoms with Crippen LogP contribution in [0.4, 0.5) is 10.5 Å². The van der Waals surface area contributed by atoms with E-state index in [9.17, 15) is 14.4 Å². The molecule has 0 bridgehead atoms. The molecule has 0 heterocycles. The highest BCUT2D eigenvalue weighted by Gasteiger charge is 2.29. The van der Waals surface area contributed by atoms with E-state index >= 15 is 0 Å². The van der Waals surface area contributed by atoms with Crippen LogP contribution in [0.25, 0.3) is 11.1 Å². The number of nitrogens with one attached hydrogen (secondary N) is 2. The molecule has 0 saturated heterocycles. The smallest absolute Gasteiger partial charge is 0.411 e. The second-order valence-corrected chi connectivity index (χ2v) is 8.25. The number of hydrogen-bond donors (Lipinski definition) is 3. The fraction of sp³-hybridized carbons (Fsp3) is 0.222. The lowest BCUT2D eigenvalue weighted by Crippen LogP contribution is -2.40. The number of amides is 2. The number of carboxylic acid groups (broad SMARTS) is 1. The van der Waals surface area contributed by atoms with E-state index in [1.165, 1.54) is 6.07 Å². The number of ether oxygens (including phenoxy) is 1. The van der Waals surface area contributed by atoms with E-state index in [1.54, 1.807) is 26.0 Å². The highest BCUT2D eigenvalue weighted by Crippen LogP contribution is 2.44. The molecule has 0 aromatic heterocycles. The van der Waals surface area contributed by atoms with Crippen molar-refractivity contribution in [1.82, 2.24) is 5.32 Å². The fourth-order valence-corrected chi connectivity index (χ4v) is 4.22. The number of benzene rings is 3. The van der Waals surface area contributed by atoms with Crippen LogP contribution < -0.4 is 10.6 Å². The van der Waals surface area contributed by atoms with Crippen LogP contribution in [0.1, 0.15) is 46.3 Å². The van der Waals surface area contributed by atoms with Crippen molar-refractivity contribution in [3.63, 3.8) is 0 Å². The monoisotopic (exact) mass is 458 g/mol. The summed E-state index contributed by atoms with van der Waals surface area (Å²) in [6.45, 7) is 3.65. The van der Waals surface area contributed by atoms with Crippen LogP contribution in [-0.4, -0.2) is 35.7 Å². The molecule has 0 saturated carbocycles. The van der Waals surface area contributed by atoms with Crippen molar-refractivity contribution in [2.24, 2.45) is 0 Å². The Kier molecular flexibility index (Phi) is 6.63. The Bertz CT molecular complexity index is 1210. The summed E-state index contributed by atoms with van der Waals surface area (Å²) in [4.78, 5) is 36.3. The van der Waals surface area contributed by atoms with E-state index in [4.69, 9.17) is 9.84 Å². The fourth-order valence-electron chi connectivity index (χ4n) is 4.22. The van der Waals surface area contributed by atoms with Gasteiger partial charge in [-0.05, 0) is 53.3 Å². The minimum atomic E-state index is -1.10. The Morgan fingerprint density at radius 3 is 2.18 bits per heavy atom. The van der Waals surface area contributed by atoms with Crippen molar-refractivity contribution >= 4 is 23.7 Å². The van der Waals surface area contributed by atoms with Gasteiger partial charge in [0.1, 0.15) is 12.6 Å². The van der Waals surface area contributed by atoms with Crippen LogP contribution >= 0.6 is 0 Å². The second kappa shape index (κ2) is 9.79. The number of anilines is 1. The van der Waals surface area contributed by atoms with Gasteiger partial charge < -0.3 is 15.2 Å². The standard InChI is InChI=1S/C27H26N2O5/c1-3-23(26(31)32)28-25(30)17-13-12-16(2)24(14-17)29-27(33)34-15-22-20-10-6-4-8-18(20)19-9-5-7-11-21(19)22/h4-14,22-23H,3,15H2,1-2H3,(H,28,30)(H,29,33)(H,31,32)/t23-/m0/s1. The zero-order valence-electron chi connectivity index (χ0n) is 19.0. The topological polar surface area (TPSA) is 105 Å². The van der Waals surface area contributed by atoms with E-state index in [-0.39, 0.29) is 24.5 Å². The second-order valence-electron chi connectivity index (χ2n) is 8.25. The molecule has 7 heteroatoms. The van der Waals surface area contributed by atoms with Crippen molar-refractivity contribution in [1.29, 1.82) is 0 Å². The molecule has 4 rings (SSSR count). The van der Waals surface area contributed by atoms with Crippen molar-refractivity contribution in [2.75, 3.05) is 11.9 Å². The molecule has 1 aliphatic rings. The highest BCUT2D eigenvalue weighted by molar-refractivity contribution is 5.98. The zero-order chi connectivity index (χ0) is 24.2. The third-order valence-electron chi connectivity index (χ3n) is 6.09. The zero-order valence-corrected chi connectivity index (χ0v) is 19.0. The first-order valence-corrected chi connectivity index (χ1v) is 11.1. The molecule has 7 nitrogen and oxygen atoms in total. The molecule has 0 unspecified atom stereocenters. The van der Waals surface area contributed by atoms with Gasteiger partial charge in [0, 0.05) is 17.2 Å². The van der Waals surface area contributed by atoms with E-state index in [0.717, 1.165) is 27.8 Å². The lowest BCUT2D eigenvalue weighted by molar-refractivity contribution is -0.139. The summed E-state index contributed by atoms with van der Waals surface area (Å²) in [5.41, 5.74) is 5.95. The molecule has 0 aliphatic heterocycles. The average Bonchev–Trinajstić information content (AvgIpc) is 3.16. The Morgan fingerprint density at radius 2 is 1.59 bits per heavy atom. The highest BCUT2D eigenvalue weighted by atomic mass is 16.5. The maximum absolute atomic E-state index is 12.6. The number of carbonyl (C=O) groups excluding carboxylic acids is 2. The molecule has 0 spiro atoms. The maximum Gasteiger partial charge on any atom is 0.411 e. The van der Waals surface area contributed by atoms with Gasteiger partial charge in [0.2, 0.25) is 0 Å². The van der Waals surface area contributed by atoms with Gasteiger partial charge in [-0.25, -0.2) is 9.59 Å². The summed E-state index contributed by atoms with van der Waals surface area (Å²) >= 11 is 0. The van der Waals surface area contributed by atoms with Gasteiger partial charge in [-0.3, -0.25) is 10.1 Å².